The Hall–Kier alpha value is -1.66. The van der Waals surface area contributed by atoms with Crippen molar-refractivity contribution >= 4 is 44.1 Å². The molecule has 0 spiro atoms. The largest absolute Gasteiger partial charge is 0.370 e. The lowest BCUT2D eigenvalue weighted by Crippen LogP contribution is -2.19. The molecule has 0 saturated carbocycles. The van der Waals surface area contributed by atoms with Crippen molar-refractivity contribution in [2.75, 3.05) is 18.0 Å². The van der Waals surface area contributed by atoms with Gasteiger partial charge in [-0.25, -0.2) is 4.98 Å². The molecule has 1 aromatic carbocycles. The first-order valence-corrected chi connectivity index (χ1v) is 8.23. The fraction of sp³-hybridized carbons (Fsp3) is 0.267. The first-order valence-electron chi connectivity index (χ1n) is 7.06. The lowest BCUT2D eigenvalue weighted by molar-refractivity contribution is 0.714. The van der Waals surface area contributed by atoms with E-state index < -0.39 is 0 Å². The van der Waals surface area contributed by atoms with Crippen LogP contribution < -0.4 is 4.90 Å². The third kappa shape index (κ3) is 2.36. The summed E-state index contributed by atoms with van der Waals surface area (Å²) < 4.78 is 0.963. The smallest absolute Gasteiger partial charge is 0.137 e. The summed E-state index contributed by atoms with van der Waals surface area (Å²) in [5.41, 5.74) is 2.00. The molecule has 0 radical (unpaired) electrons. The van der Waals surface area contributed by atoms with E-state index in [-0.39, 0.29) is 0 Å². The Balaban J connectivity index is 1.73. The number of anilines is 1. The van der Waals surface area contributed by atoms with Gasteiger partial charge in [0.2, 0.25) is 0 Å². The molecule has 1 unspecified atom stereocenters. The number of hydrogen-bond acceptors (Lipinski definition) is 4. The number of benzene rings is 1. The van der Waals surface area contributed by atoms with Gasteiger partial charge in [-0.2, -0.15) is 5.10 Å². The zero-order valence-electron chi connectivity index (χ0n) is 11.6. The molecule has 5 nitrogen and oxygen atoms in total. The summed E-state index contributed by atoms with van der Waals surface area (Å²) in [6.07, 6.45) is 4.44. The van der Waals surface area contributed by atoms with Crippen molar-refractivity contribution in [2.24, 2.45) is 0 Å². The molecule has 1 N–H and O–H groups in total. The van der Waals surface area contributed by atoms with Gasteiger partial charge >= 0.3 is 0 Å². The lowest BCUT2D eigenvalue weighted by Gasteiger charge is -2.20. The van der Waals surface area contributed by atoms with E-state index in [0.29, 0.717) is 10.9 Å². The molecule has 1 fully saturated rings. The maximum atomic E-state index is 6.32. The van der Waals surface area contributed by atoms with Crippen LogP contribution in [0.5, 0.6) is 0 Å². The predicted octanol–water partition coefficient (Wildman–Crippen LogP) is 3.76. The van der Waals surface area contributed by atoms with Crippen LogP contribution in [0.3, 0.4) is 0 Å². The average molecular weight is 379 g/mol. The van der Waals surface area contributed by atoms with Gasteiger partial charge in [0.05, 0.1) is 10.5 Å². The molecule has 1 aliphatic heterocycles. The van der Waals surface area contributed by atoms with Crippen LogP contribution in [0.25, 0.3) is 10.9 Å². The molecule has 0 amide bonds. The Labute approximate surface area is 140 Å². The molecule has 3 aromatic rings. The molecule has 2 aromatic heterocycles. The number of fused-ring (bicyclic) bond motifs is 1. The number of halogens is 2. The maximum Gasteiger partial charge on any atom is 0.137 e. The standard InChI is InChI=1S/C15H13BrClN5/c16-10-5-11-13(1-3-18-14(11)12(17)6-10)22-4-2-9(7-22)15-19-8-20-21-15/h1,3,5-6,8-9H,2,4,7H2,(H,19,20,21). The molecular formula is C15H13BrClN5. The van der Waals surface area contributed by atoms with Crippen molar-refractivity contribution in [1.29, 1.82) is 0 Å². The summed E-state index contributed by atoms with van der Waals surface area (Å²) >= 11 is 9.83. The zero-order chi connectivity index (χ0) is 15.1. The third-order valence-corrected chi connectivity index (χ3v) is 4.84. The molecule has 112 valence electrons. The number of nitrogens with one attached hydrogen (secondary N) is 1. The second-order valence-corrected chi connectivity index (χ2v) is 6.74. The molecule has 1 saturated heterocycles. The fourth-order valence-corrected chi connectivity index (χ4v) is 3.91. The molecule has 7 heteroatoms. The number of H-pyrrole nitrogens is 1. The summed E-state index contributed by atoms with van der Waals surface area (Å²) in [6.45, 7) is 1.90. The van der Waals surface area contributed by atoms with Crippen molar-refractivity contribution in [3.05, 3.63) is 46.0 Å². The quantitative estimate of drug-likeness (QED) is 0.737. The van der Waals surface area contributed by atoms with Crippen LogP contribution in [-0.4, -0.2) is 33.3 Å². The van der Waals surface area contributed by atoms with Crippen molar-refractivity contribution < 1.29 is 0 Å². The second-order valence-electron chi connectivity index (χ2n) is 5.42. The van der Waals surface area contributed by atoms with Gasteiger partial charge in [-0.1, -0.05) is 27.5 Å². The maximum absolute atomic E-state index is 6.32. The topological polar surface area (TPSA) is 57.7 Å². The van der Waals surface area contributed by atoms with E-state index in [0.717, 1.165) is 46.4 Å². The van der Waals surface area contributed by atoms with Crippen LogP contribution in [0.4, 0.5) is 5.69 Å². The van der Waals surface area contributed by atoms with Gasteiger partial charge < -0.3 is 4.90 Å². The highest BCUT2D eigenvalue weighted by atomic mass is 79.9. The van der Waals surface area contributed by atoms with Crippen molar-refractivity contribution in [3.63, 3.8) is 0 Å². The summed E-state index contributed by atoms with van der Waals surface area (Å²) in [5, 5.41) is 8.66. The molecular weight excluding hydrogens is 366 g/mol. The van der Waals surface area contributed by atoms with E-state index >= 15 is 0 Å². The third-order valence-electron chi connectivity index (χ3n) is 4.09. The SMILES string of the molecule is Clc1cc(Br)cc2c(N3CCC(c4ncn[nH]4)C3)ccnc12. The first-order chi connectivity index (χ1) is 10.7. The number of rotatable bonds is 2. The number of pyridine rings is 1. The van der Waals surface area contributed by atoms with E-state index in [2.05, 4.69) is 47.1 Å². The van der Waals surface area contributed by atoms with Gasteiger partial charge in [-0.3, -0.25) is 10.1 Å². The average Bonchev–Trinajstić information content (AvgIpc) is 3.18. The summed E-state index contributed by atoms with van der Waals surface area (Å²) in [4.78, 5) is 11.1. The van der Waals surface area contributed by atoms with E-state index in [1.54, 1.807) is 6.33 Å². The zero-order valence-corrected chi connectivity index (χ0v) is 14.0. The lowest BCUT2D eigenvalue weighted by atomic mass is 10.1. The Morgan fingerprint density at radius 3 is 3.05 bits per heavy atom. The van der Waals surface area contributed by atoms with Gasteiger partial charge in [0.15, 0.2) is 0 Å². The molecule has 4 rings (SSSR count). The van der Waals surface area contributed by atoms with Crippen LogP contribution in [0, 0.1) is 0 Å². The van der Waals surface area contributed by atoms with Crippen LogP contribution in [0.15, 0.2) is 35.2 Å². The molecule has 22 heavy (non-hydrogen) atoms. The van der Waals surface area contributed by atoms with E-state index in [4.69, 9.17) is 11.6 Å². The highest BCUT2D eigenvalue weighted by Crippen LogP contribution is 2.36. The number of hydrogen-bond donors (Lipinski definition) is 1. The van der Waals surface area contributed by atoms with Gasteiger partial charge in [-0.05, 0) is 24.6 Å². The molecule has 0 bridgehead atoms. The van der Waals surface area contributed by atoms with E-state index in [9.17, 15) is 0 Å². The Morgan fingerprint density at radius 1 is 1.32 bits per heavy atom. The minimum absolute atomic E-state index is 0.383. The van der Waals surface area contributed by atoms with Crippen LogP contribution in [0.1, 0.15) is 18.2 Å². The molecule has 0 aliphatic carbocycles. The highest BCUT2D eigenvalue weighted by Gasteiger charge is 2.27. The van der Waals surface area contributed by atoms with Gasteiger partial charge in [0.1, 0.15) is 12.2 Å². The Kier molecular flexibility index (Phi) is 3.50. The van der Waals surface area contributed by atoms with Gasteiger partial charge in [-0.15, -0.1) is 0 Å². The molecule has 3 heterocycles. The molecule has 1 aliphatic rings. The molecule has 1 atom stereocenters. The second kappa shape index (κ2) is 5.52. The van der Waals surface area contributed by atoms with E-state index in [1.807, 2.05) is 18.3 Å². The monoisotopic (exact) mass is 377 g/mol. The number of nitrogens with zero attached hydrogens (tertiary/aromatic N) is 4. The Morgan fingerprint density at radius 2 is 2.23 bits per heavy atom. The van der Waals surface area contributed by atoms with Gasteiger partial charge in [0.25, 0.3) is 0 Å². The number of aromatic amines is 1. The van der Waals surface area contributed by atoms with Gasteiger partial charge in [0, 0.05) is 40.8 Å². The van der Waals surface area contributed by atoms with Crippen LogP contribution in [0.2, 0.25) is 5.02 Å². The van der Waals surface area contributed by atoms with Crippen LogP contribution in [-0.2, 0) is 0 Å². The predicted molar refractivity (Wildman–Crippen MR) is 90.4 cm³/mol. The van der Waals surface area contributed by atoms with Crippen molar-refractivity contribution in [1.82, 2.24) is 20.2 Å². The number of aromatic nitrogens is 4. The highest BCUT2D eigenvalue weighted by molar-refractivity contribution is 9.10. The Bertz CT molecular complexity index is 820. The van der Waals surface area contributed by atoms with Crippen LogP contribution >= 0.6 is 27.5 Å². The normalized spacial score (nSPS) is 18.3. The van der Waals surface area contributed by atoms with Crippen molar-refractivity contribution in [2.45, 2.75) is 12.3 Å². The van der Waals surface area contributed by atoms with E-state index in [1.165, 1.54) is 0 Å². The first kappa shape index (κ1) is 14.0. The summed E-state index contributed by atoms with van der Waals surface area (Å²) in [6, 6.07) is 6.00. The fourth-order valence-electron chi connectivity index (χ4n) is 3.05. The minimum Gasteiger partial charge on any atom is -0.370 e. The summed E-state index contributed by atoms with van der Waals surface area (Å²) in [5.74, 6) is 1.34. The minimum atomic E-state index is 0.383. The van der Waals surface area contributed by atoms with Crippen molar-refractivity contribution in [3.8, 4) is 0 Å². The summed E-state index contributed by atoms with van der Waals surface area (Å²) in [7, 11) is 0.